The number of nitrogens with zero attached hydrogens (tertiary/aromatic N) is 1. The molecule has 1 atom stereocenters. The summed E-state index contributed by atoms with van der Waals surface area (Å²) in [5, 5.41) is 10.00. The lowest BCUT2D eigenvalue weighted by Crippen LogP contribution is -2.33. The van der Waals surface area contributed by atoms with E-state index in [1.54, 1.807) is 6.07 Å². The number of aliphatic hydroxyl groups excluding tert-OH is 1. The lowest BCUT2D eigenvalue weighted by molar-refractivity contribution is 0.0975. The quantitative estimate of drug-likeness (QED) is 0.743. The molecule has 0 aromatic heterocycles. The molecule has 1 unspecified atom stereocenters. The average Bonchev–Trinajstić information content (AvgIpc) is 2.38. The number of hydrogen-bond acceptors (Lipinski definition) is 2. The minimum absolute atomic E-state index is 0.160. The first-order valence-corrected chi connectivity index (χ1v) is 7.66. The van der Waals surface area contributed by atoms with Crippen LogP contribution in [0.5, 0.6) is 0 Å². The predicted octanol–water partition coefficient (Wildman–Crippen LogP) is 3.83. The van der Waals surface area contributed by atoms with Crippen LogP contribution in [0.3, 0.4) is 0 Å². The maximum atomic E-state index is 13.7. The molecule has 0 aliphatic carbocycles. The second-order valence-corrected chi connectivity index (χ2v) is 5.95. The van der Waals surface area contributed by atoms with E-state index in [1.165, 1.54) is 6.07 Å². The fourth-order valence-corrected chi connectivity index (χ4v) is 2.27. The van der Waals surface area contributed by atoms with E-state index in [-0.39, 0.29) is 11.9 Å². The van der Waals surface area contributed by atoms with Gasteiger partial charge in [-0.25, -0.2) is 4.39 Å². The van der Waals surface area contributed by atoms with Crippen LogP contribution in [0.4, 0.5) is 4.39 Å². The Labute approximate surface area is 122 Å². The monoisotopic (exact) mass is 281 g/mol. The molecule has 0 radical (unpaired) electrons. The topological polar surface area (TPSA) is 23.5 Å². The summed E-state index contributed by atoms with van der Waals surface area (Å²) in [5.74, 6) is 0.452. The lowest BCUT2D eigenvalue weighted by atomic mass is 10.1. The molecule has 0 saturated heterocycles. The van der Waals surface area contributed by atoms with Gasteiger partial charge in [0, 0.05) is 18.7 Å². The molecule has 3 heteroatoms. The smallest absolute Gasteiger partial charge is 0.127 e. The average molecular weight is 281 g/mol. The zero-order valence-electron chi connectivity index (χ0n) is 13.0. The van der Waals surface area contributed by atoms with Gasteiger partial charge in [0.05, 0.1) is 6.10 Å². The molecule has 0 aliphatic heterocycles. The van der Waals surface area contributed by atoms with Crippen LogP contribution in [-0.4, -0.2) is 29.2 Å². The molecule has 1 aromatic carbocycles. The number of rotatable bonds is 9. The Kier molecular flexibility index (Phi) is 7.78. The minimum atomic E-state index is -0.320. The van der Waals surface area contributed by atoms with Crippen LogP contribution in [0.1, 0.15) is 45.6 Å². The summed E-state index contributed by atoms with van der Waals surface area (Å²) in [5.41, 5.74) is 0.708. The molecule has 0 bridgehead atoms. The third-order valence-electron chi connectivity index (χ3n) is 3.47. The highest BCUT2D eigenvalue weighted by Gasteiger charge is 2.14. The van der Waals surface area contributed by atoms with Crippen LogP contribution < -0.4 is 0 Å². The van der Waals surface area contributed by atoms with Gasteiger partial charge in [-0.2, -0.15) is 0 Å². The van der Waals surface area contributed by atoms with E-state index in [9.17, 15) is 9.50 Å². The van der Waals surface area contributed by atoms with Crippen molar-refractivity contribution < 1.29 is 9.50 Å². The van der Waals surface area contributed by atoms with Crippen LogP contribution in [0.2, 0.25) is 0 Å². The van der Waals surface area contributed by atoms with E-state index in [2.05, 4.69) is 25.7 Å². The largest absolute Gasteiger partial charge is 0.392 e. The van der Waals surface area contributed by atoms with Crippen LogP contribution in [-0.2, 0) is 6.54 Å². The first-order valence-electron chi connectivity index (χ1n) is 7.66. The standard InChI is InChI=1S/C17H28FNO/c1-4-7-16(20)13-19(11-10-14(2)3)12-15-8-5-6-9-17(15)18/h5-6,8-9,14,16,20H,4,7,10-13H2,1-3H3. The van der Waals surface area contributed by atoms with E-state index < -0.39 is 0 Å². The fraction of sp³-hybridized carbons (Fsp3) is 0.647. The molecule has 0 aliphatic rings. The Morgan fingerprint density at radius 2 is 1.90 bits per heavy atom. The molecule has 0 amide bonds. The van der Waals surface area contributed by atoms with Crippen molar-refractivity contribution in [2.45, 2.75) is 52.7 Å². The molecule has 0 fully saturated rings. The Morgan fingerprint density at radius 1 is 1.20 bits per heavy atom. The molecule has 20 heavy (non-hydrogen) atoms. The van der Waals surface area contributed by atoms with Crippen LogP contribution in [0.15, 0.2) is 24.3 Å². The van der Waals surface area contributed by atoms with E-state index in [4.69, 9.17) is 0 Å². The van der Waals surface area contributed by atoms with Gasteiger partial charge in [-0.3, -0.25) is 4.90 Å². The van der Waals surface area contributed by atoms with E-state index in [1.807, 2.05) is 12.1 Å². The van der Waals surface area contributed by atoms with Gasteiger partial charge in [0.2, 0.25) is 0 Å². The Bertz CT molecular complexity index is 381. The highest BCUT2D eigenvalue weighted by atomic mass is 19.1. The van der Waals surface area contributed by atoms with Crippen molar-refractivity contribution in [1.29, 1.82) is 0 Å². The molecule has 1 rings (SSSR count). The highest BCUT2D eigenvalue weighted by molar-refractivity contribution is 5.17. The molecule has 0 spiro atoms. The first-order chi connectivity index (χ1) is 9.52. The molecule has 114 valence electrons. The van der Waals surface area contributed by atoms with Gasteiger partial charge < -0.3 is 5.11 Å². The lowest BCUT2D eigenvalue weighted by Gasteiger charge is -2.26. The molecule has 0 saturated carbocycles. The summed E-state index contributed by atoms with van der Waals surface area (Å²) < 4.78 is 13.7. The summed E-state index contributed by atoms with van der Waals surface area (Å²) in [4.78, 5) is 2.17. The van der Waals surface area contributed by atoms with Crippen molar-refractivity contribution in [3.8, 4) is 0 Å². The summed E-state index contributed by atoms with van der Waals surface area (Å²) in [6.07, 6.45) is 2.51. The van der Waals surface area contributed by atoms with E-state index >= 15 is 0 Å². The number of hydrogen-bond donors (Lipinski definition) is 1. The summed E-state index contributed by atoms with van der Waals surface area (Å²) >= 11 is 0. The Balaban J connectivity index is 2.64. The Morgan fingerprint density at radius 3 is 2.50 bits per heavy atom. The van der Waals surface area contributed by atoms with Gasteiger partial charge in [-0.05, 0) is 31.4 Å². The summed E-state index contributed by atoms with van der Waals surface area (Å²) in [6.45, 7) is 8.52. The normalized spacial score (nSPS) is 13.2. The Hall–Kier alpha value is -0.930. The summed E-state index contributed by atoms with van der Waals surface area (Å²) in [6, 6.07) is 6.90. The SMILES string of the molecule is CCCC(O)CN(CCC(C)C)Cc1ccccc1F. The van der Waals surface area contributed by atoms with Crippen molar-refractivity contribution in [1.82, 2.24) is 4.90 Å². The van der Waals surface area contributed by atoms with E-state index in [0.29, 0.717) is 24.6 Å². The zero-order chi connectivity index (χ0) is 15.0. The van der Waals surface area contributed by atoms with Crippen molar-refractivity contribution in [2.75, 3.05) is 13.1 Å². The first kappa shape index (κ1) is 17.1. The van der Waals surface area contributed by atoms with Gasteiger partial charge in [0.1, 0.15) is 5.82 Å². The molecular weight excluding hydrogens is 253 g/mol. The molecule has 2 nitrogen and oxygen atoms in total. The zero-order valence-corrected chi connectivity index (χ0v) is 13.0. The van der Waals surface area contributed by atoms with Crippen LogP contribution in [0, 0.1) is 11.7 Å². The highest BCUT2D eigenvalue weighted by Crippen LogP contribution is 2.13. The number of halogens is 1. The molecule has 1 N–H and O–H groups in total. The van der Waals surface area contributed by atoms with Gasteiger partial charge >= 0.3 is 0 Å². The molecule has 0 heterocycles. The van der Waals surface area contributed by atoms with Gasteiger partial charge in [0.15, 0.2) is 0 Å². The number of aliphatic hydroxyl groups is 1. The van der Waals surface area contributed by atoms with Crippen molar-refractivity contribution in [3.05, 3.63) is 35.6 Å². The van der Waals surface area contributed by atoms with Gasteiger partial charge in [-0.15, -0.1) is 0 Å². The third kappa shape index (κ3) is 6.49. The van der Waals surface area contributed by atoms with E-state index in [0.717, 1.165) is 25.8 Å². The van der Waals surface area contributed by atoms with Crippen molar-refractivity contribution in [2.24, 2.45) is 5.92 Å². The van der Waals surface area contributed by atoms with Crippen LogP contribution >= 0.6 is 0 Å². The van der Waals surface area contributed by atoms with Crippen molar-refractivity contribution >= 4 is 0 Å². The van der Waals surface area contributed by atoms with Crippen molar-refractivity contribution in [3.63, 3.8) is 0 Å². The molecular formula is C17H28FNO. The minimum Gasteiger partial charge on any atom is -0.392 e. The number of benzene rings is 1. The second kappa shape index (κ2) is 9.09. The second-order valence-electron chi connectivity index (χ2n) is 5.95. The van der Waals surface area contributed by atoms with Crippen LogP contribution in [0.25, 0.3) is 0 Å². The predicted molar refractivity (Wildman–Crippen MR) is 82.0 cm³/mol. The van der Waals surface area contributed by atoms with Gasteiger partial charge in [-0.1, -0.05) is 45.4 Å². The third-order valence-corrected chi connectivity index (χ3v) is 3.47. The maximum absolute atomic E-state index is 13.7. The molecule has 1 aromatic rings. The summed E-state index contributed by atoms with van der Waals surface area (Å²) in [7, 11) is 0. The maximum Gasteiger partial charge on any atom is 0.127 e. The van der Waals surface area contributed by atoms with Gasteiger partial charge in [0.25, 0.3) is 0 Å². The fourth-order valence-electron chi connectivity index (χ4n) is 2.27.